The third kappa shape index (κ3) is 4.39. The summed E-state index contributed by atoms with van der Waals surface area (Å²) in [6.45, 7) is 3.49. The SMILES string of the molecule is C=CC(=O)N(C)C1CCCCC1.Cn1cc(-c2cn3nccc3c(=O)[nH]2)cn1. The number of carbonyl (C=O) groups excluding carboxylic acids is 1. The molecule has 3 heterocycles. The molecule has 1 amide bonds. The molecular formula is C20H26N6O2. The number of amides is 1. The van der Waals surface area contributed by atoms with E-state index in [1.165, 1.54) is 25.3 Å². The summed E-state index contributed by atoms with van der Waals surface area (Å²) in [5.41, 5.74) is 1.94. The van der Waals surface area contributed by atoms with Crippen molar-refractivity contribution in [3.8, 4) is 11.3 Å². The molecule has 3 aromatic rings. The van der Waals surface area contributed by atoms with Crippen molar-refractivity contribution in [2.24, 2.45) is 7.05 Å². The fourth-order valence-corrected chi connectivity index (χ4v) is 3.44. The number of fused-ring (bicyclic) bond motifs is 1. The van der Waals surface area contributed by atoms with E-state index in [9.17, 15) is 9.59 Å². The van der Waals surface area contributed by atoms with E-state index in [1.54, 1.807) is 33.9 Å². The molecule has 0 aliphatic heterocycles. The monoisotopic (exact) mass is 382 g/mol. The maximum atomic E-state index is 11.7. The maximum absolute atomic E-state index is 11.7. The molecule has 1 fully saturated rings. The molecule has 3 aromatic heterocycles. The zero-order valence-electron chi connectivity index (χ0n) is 16.3. The summed E-state index contributed by atoms with van der Waals surface area (Å²) in [4.78, 5) is 27.5. The molecule has 0 unspecified atom stereocenters. The summed E-state index contributed by atoms with van der Waals surface area (Å²) < 4.78 is 3.24. The van der Waals surface area contributed by atoms with Crippen molar-refractivity contribution in [2.75, 3.05) is 7.05 Å². The van der Waals surface area contributed by atoms with Gasteiger partial charge in [0.25, 0.3) is 5.56 Å². The van der Waals surface area contributed by atoms with Crippen molar-refractivity contribution in [2.45, 2.75) is 38.1 Å². The number of hydrogen-bond acceptors (Lipinski definition) is 4. The number of aromatic nitrogens is 5. The van der Waals surface area contributed by atoms with E-state index in [0.29, 0.717) is 17.3 Å². The third-order valence-corrected chi connectivity index (χ3v) is 5.06. The molecule has 0 radical (unpaired) electrons. The van der Waals surface area contributed by atoms with Gasteiger partial charge in [-0.15, -0.1) is 0 Å². The van der Waals surface area contributed by atoms with E-state index >= 15 is 0 Å². The Bertz CT molecular complexity index is 1010. The molecule has 0 saturated heterocycles. The summed E-state index contributed by atoms with van der Waals surface area (Å²) in [5.74, 6) is 0.0573. The number of carbonyl (C=O) groups is 1. The van der Waals surface area contributed by atoms with Crippen molar-refractivity contribution in [3.05, 3.63) is 53.9 Å². The van der Waals surface area contributed by atoms with Crippen LogP contribution in [0, 0.1) is 0 Å². The van der Waals surface area contributed by atoms with E-state index in [-0.39, 0.29) is 11.5 Å². The standard InChI is InChI=1S/C10H9N5O.C10H17NO/c1-14-5-7(4-12-14)8-6-15-9(2-3-11-15)10(16)13-8;1-3-10(12)11(2)9-7-5-4-6-8-9/h2-6H,1H3,(H,13,16);3,9H,1,4-8H2,2H3. The molecule has 0 spiro atoms. The second-order valence-electron chi connectivity index (χ2n) is 7.01. The highest BCUT2D eigenvalue weighted by molar-refractivity contribution is 5.87. The van der Waals surface area contributed by atoms with Gasteiger partial charge in [0.2, 0.25) is 5.91 Å². The number of H-pyrrole nitrogens is 1. The van der Waals surface area contributed by atoms with Crippen LogP contribution in [0.25, 0.3) is 16.8 Å². The molecule has 148 valence electrons. The second kappa shape index (κ2) is 8.69. The molecule has 8 nitrogen and oxygen atoms in total. The lowest BCUT2D eigenvalue weighted by molar-refractivity contribution is -0.127. The summed E-state index contributed by atoms with van der Waals surface area (Å²) >= 11 is 0. The lowest BCUT2D eigenvalue weighted by Crippen LogP contribution is -2.37. The Morgan fingerprint density at radius 1 is 1.29 bits per heavy atom. The molecule has 1 saturated carbocycles. The first-order valence-corrected chi connectivity index (χ1v) is 9.44. The third-order valence-electron chi connectivity index (χ3n) is 5.06. The summed E-state index contributed by atoms with van der Waals surface area (Å²) in [6.07, 6.45) is 14.5. The van der Waals surface area contributed by atoms with E-state index in [1.807, 2.05) is 25.2 Å². The smallest absolute Gasteiger partial charge is 0.274 e. The highest BCUT2D eigenvalue weighted by atomic mass is 16.2. The van der Waals surface area contributed by atoms with Gasteiger partial charge in [-0.1, -0.05) is 25.8 Å². The number of aromatic amines is 1. The average molecular weight is 382 g/mol. The second-order valence-corrected chi connectivity index (χ2v) is 7.01. The lowest BCUT2D eigenvalue weighted by atomic mass is 9.94. The van der Waals surface area contributed by atoms with Gasteiger partial charge in [-0.25, -0.2) is 4.52 Å². The molecule has 1 aliphatic rings. The molecule has 4 rings (SSSR count). The number of hydrogen-bond donors (Lipinski definition) is 1. The van der Waals surface area contributed by atoms with E-state index in [4.69, 9.17) is 0 Å². The zero-order chi connectivity index (χ0) is 20.1. The highest BCUT2D eigenvalue weighted by Crippen LogP contribution is 2.21. The first-order valence-electron chi connectivity index (χ1n) is 9.44. The van der Waals surface area contributed by atoms with Crippen LogP contribution in [0.1, 0.15) is 32.1 Å². The number of likely N-dealkylation sites (N-methyl/N-ethyl adjacent to an activating group) is 1. The quantitative estimate of drug-likeness (QED) is 0.705. The van der Waals surface area contributed by atoms with E-state index in [0.717, 1.165) is 18.4 Å². The molecule has 0 aromatic carbocycles. The van der Waals surface area contributed by atoms with Crippen molar-refractivity contribution in [3.63, 3.8) is 0 Å². The van der Waals surface area contributed by atoms with Gasteiger partial charge >= 0.3 is 0 Å². The Morgan fingerprint density at radius 3 is 2.68 bits per heavy atom. The molecule has 0 bridgehead atoms. The van der Waals surface area contributed by atoms with Gasteiger partial charge in [0.05, 0.1) is 24.3 Å². The predicted molar refractivity (Wildman–Crippen MR) is 108 cm³/mol. The number of nitrogens with zero attached hydrogens (tertiary/aromatic N) is 5. The van der Waals surface area contributed by atoms with Gasteiger partial charge in [-0.2, -0.15) is 10.2 Å². The Kier molecular flexibility index (Phi) is 6.08. The fraction of sp³-hybridized carbons (Fsp3) is 0.400. The van der Waals surface area contributed by atoms with Gasteiger partial charge in [-0.05, 0) is 25.0 Å². The predicted octanol–water partition coefficient (Wildman–Crippen LogP) is 2.39. The minimum Gasteiger partial charge on any atom is -0.339 e. The normalized spacial score (nSPS) is 14.4. The first kappa shape index (κ1) is 19.6. The van der Waals surface area contributed by atoms with Gasteiger partial charge in [0.15, 0.2) is 0 Å². The Hall–Kier alpha value is -3.16. The van der Waals surface area contributed by atoms with Crippen LogP contribution < -0.4 is 5.56 Å². The molecule has 1 aliphatic carbocycles. The molecule has 8 heteroatoms. The van der Waals surface area contributed by atoms with Gasteiger partial charge < -0.3 is 9.88 Å². The van der Waals surface area contributed by atoms with Crippen LogP contribution in [0.3, 0.4) is 0 Å². The van der Waals surface area contributed by atoms with E-state index < -0.39 is 0 Å². The lowest BCUT2D eigenvalue weighted by Gasteiger charge is -2.30. The number of nitrogens with one attached hydrogen (secondary N) is 1. The average Bonchev–Trinajstić information content (AvgIpc) is 3.37. The van der Waals surface area contributed by atoms with Crippen LogP contribution in [0.15, 0.2) is 48.3 Å². The summed E-state index contributed by atoms with van der Waals surface area (Å²) in [7, 11) is 3.70. The van der Waals surface area contributed by atoms with Crippen LogP contribution >= 0.6 is 0 Å². The summed E-state index contributed by atoms with van der Waals surface area (Å²) in [6, 6.07) is 2.13. The van der Waals surface area contributed by atoms with Crippen LogP contribution in [0.2, 0.25) is 0 Å². The van der Waals surface area contributed by atoms with Crippen molar-refractivity contribution in [1.29, 1.82) is 0 Å². The van der Waals surface area contributed by atoms with Crippen molar-refractivity contribution >= 4 is 11.4 Å². The Labute approximate surface area is 163 Å². The van der Waals surface area contributed by atoms with Gasteiger partial charge in [0, 0.05) is 31.9 Å². The first-order chi connectivity index (χ1) is 13.5. The molecule has 28 heavy (non-hydrogen) atoms. The zero-order valence-corrected chi connectivity index (χ0v) is 16.3. The van der Waals surface area contributed by atoms with Crippen molar-refractivity contribution < 1.29 is 4.79 Å². The molecule has 0 atom stereocenters. The maximum Gasteiger partial charge on any atom is 0.274 e. The number of aryl methyl sites for hydroxylation is 1. The summed E-state index contributed by atoms with van der Waals surface area (Å²) in [5, 5.41) is 8.10. The molecule has 1 N–H and O–H groups in total. The van der Waals surface area contributed by atoms with Crippen LogP contribution in [0.4, 0.5) is 0 Å². The van der Waals surface area contributed by atoms with E-state index in [2.05, 4.69) is 21.8 Å². The van der Waals surface area contributed by atoms with Crippen LogP contribution in [-0.4, -0.2) is 48.3 Å². The van der Waals surface area contributed by atoms with Gasteiger partial charge in [0.1, 0.15) is 5.52 Å². The topological polar surface area (TPSA) is 88.3 Å². The minimum absolute atomic E-state index is 0.0573. The molecular weight excluding hydrogens is 356 g/mol. The number of rotatable bonds is 3. The van der Waals surface area contributed by atoms with Crippen molar-refractivity contribution in [1.82, 2.24) is 29.3 Å². The fourth-order valence-electron chi connectivity index (χ4n) is 3.44. The Balaban J connectivity index is 0.000000169. The highest BCUT2D eigenvalue weighted by Gasteiger charge is 2.19. The van der Waals surface area contributed by atoms with Crippen LogP contribution in [0.5, 0.6) is 0 Å². The Morgan fingerprint density at radius 2 is 2.04 bits per heavy atom. The largest absolute Gasteiger partial charge is 0.339 e. The van der Waals surface area contributed by atoms with Gasteiger partial charge in [-0.3, -0.25) is 14.3 Å². The minimum atomic E-state index is -0.154. The van der Waals surface area contributed by atoms with Crippen LogP contribution in [-0.2, 0) is 11.8 Å².